The highest BCUT2D eigenvalue weighted by Gasteiger charge is 2.62. The molecule has 2 aliphatic heterocycles. The number of fused-ring (bicyclic) bond motifs is 3. The minimum Gasteiger partial charge on any atom is -0.343 e. The number of hydrogen-bond acceptors (Lipinski definition) is 2. The van der Waals surface area contributed by atoms with Crippen molar-refractivity contribution in [3.63, 3.8) is 0 Å². The fraction of sp³-hybridized carbons (Fsp3) is 0.600. The smallest absolute Gasteiger partial charge is 0.225 e. The Morgan fingerprint density at radius 1 is 1.15 bits per heavy atom. The maximum absolute atomic E-state index is 14.3. The number of rotatable bonds is 1. The number of hydrogen-bond donors (Lipinski definition) is 0. The zero-order chi connectivity index (χ0) is 18.5. The molecular formula is C20H24F2N2O2. The van der Waals surface area contributed by atoms with Crippen molar-refractivity contribution in [2.75, 3.05) is 26.2 Å². The topological polar surface area (TPSA) is 40.6 Å². The van der Waals surface area contributed by atoms with Gasteiger partial charge in [0.2, 0.25) is 11.8 Å². The maximum atomic E-state index is 14.3. The van der Waals surface area contributed by atoms with Crippen LogP contribution in [0.2, 0.25) is 0 Å². The summed E-state index contributed by atoms with van der Waals surface area (Å²) >= 11 is 0. The second-order valence-corrected chi connectivity index (χ2v) is 7.93. The summed E-state index contributed by atoms with van der Waals surface area (Å²) in [5.41, 5.74) is 0.316. The molecule has 4 rings (SSSR count). The minimum absolute atomic E-state index is 0.0560. The summed E-state index contributed by atoms with van der Waals surface area (Å²) in [6, 6.07) is 0. The molecule has 140 valence electrons. The molecule has 26 heavy (non-hydrogen) atoms. The first-order valence-corrected chi connectivity index (χ1v) is 9.42. The molecule has 2 unspecified atom stereocenters. The molecule has 2 saturated heterocycles. The van der Waals surface area contributed by atoms with Crippen LogP contribution in [0.3, 0.4) is 0 Å². The first-order valence-electron chi connectivity index (χ1n) is 9.42. The van der Waals surface area contributed by atoms with Gasteiger partial charge in [-0.05, 0) is 37.3 Å². The van der Waals surface area contributed by atoms with E-state index < -0.39 is 11.7 Å². The van der Waals surface area contributed by atoms with Crippen LogP contribution in [0.1, 0.15) is 32.6 Å². The minimum atomic E-state index is -0.557. The van der Waals surface area contributed by atoms with E-state index in [1.807, 2.05) is 4.90 Å². The predicted molar refractivity (Wildman–Crippen MR) is 93.2 cm³/mol. The van der Waals surface area contributed by atoms with E-state index in [4.69, 9.17) is 0 Å². The van der Waals surface area contributed by atoms with Crippen LogP contribution < -0.4 is 0 Å². The molecule has 2 atom stereocenters. The second kappa shape index (κ2) is 6.32. The number of carbonyl (C=O) groups excluding carboxylic acids is 2. The van der Waals surface area contributed by atoms with Crippen LogP contribution in [0.4, 0.5) is 8.78 Å². The van der Waals surface area contributed by atoms with E-state index in [-0.39, 0.29) is 29.1 Å². The molecule has 2 amide bonds. The molecule has 4 aliphatic rings. The van der Waals surface area contributed by atoms with Crippen molar-refractivity contribution in [2.45, 2.75) is 32.6 Å². The van der Waals surface area contributed by atoms with Crippen LogP contribution in [0.25, 0.3) is 0 Å². The number of piperidine rings is 2. The van der Waals surface area contributed by atoms with Crippen molar-refractivity contribution in [3.8, 4) is 0 Å². The third-order valence-electron chi connectivity index (χ3n) is 6.45. The van der Waals surface area contributed by atoms with E-state index in [1.54, 1.807) is 17.9 Å². The Morgan fingerprint density at radius 2 is 1.88 bits per heavy atom. The van der Waals surface area contributed by atoms with Gasteiger partial charge >= 0.3 is 0 Å². The molecule has 0 bridgehead atoms. The summed E-state index contributed by atoms with van der Waals surface area (Å²) in [5, 5.41) is 0. The highest BCUT2D eigenvalue weighted by atomic mass is 19.1. The molecule has 0 radical (unpaired) electrons. The average molecular weight is 362 g/mol. The Morgan fingerprint density at radius 3 is 2.58 bits per heavy atom. The van der Waals surface area contributed by atoms with Gasteiger partial charge in [-0.1, -0.05) is 6.08 Å². The highest BCUT2D eigenvalue weighted by Crippen LogP contribution is 2.66. The molecule has 0 N–H and O–H groups in total. The summed E-state index contributed by atoms with van der Waals surface area (Å²) < 4.78 is 27.7. The molecule has 4 nitrogen and oxygen atoms in total. The molecule has 2 aliphatic carbocycles. The van der Waals surface area contributed by atoms with Crippen LogP contribution in [0.5, 0.6) is 0 Å². The highest BCUT2D eigenvalue weighted by molar-refractivity contribution is 5.80. The lowest BCUT2D eigenvalue weighted by Crippen LogP contribution is -2.47. The summed E-state index contributed by atoms with van der Waals surface area (Å²) in [6.45, 7) is 4.02. The summed E-state index contributed by atoms with van der Waals surface area (Å²) in [7, 11) is 0. The van der Waals surface area contributed by atoms with Crippen LogP contribution in [0.15, 0.2) is 35.5 Å². The SMILES string of the molecule is CC(=O)N1CCC(C(=O)N2CCCC3(C2)C2=C(F)C=C(F)C=CC23)CC1. The lowest BCUT2D eigenvalue weighted by Gasteiger charge is -2.38. The van der Waals surface area contributed by atoms with Gasteiger partial charge in [0.15, 0.2) is 0 Å². The van der Waals surface area contributed by atoms with E-state index in [1.165, 1.54) is 6.08 Å². The Bertz CT molecular complexity index is 734. The summed E-state index contributed by atoms with van der Waals surface area (Å²) in [6.07, 6.45) is 7.10. The molecule has 3 fully saturated rings. The van der Waals surface area contributed by atoms with Gasteiger partial charge in [0.25, 0.3) is 0 Å². The van der Waals surface area contributed by atoms with Crippen molar-refractivity contribution >= 4 is 11.8 Å². The Kier molecular flexibility index (Phi) is 4.24. The second-order valence-electron chi connectivity index (χ2n) is 7.93. The van der Waals surface area contributed by atoms with Gasteiger partial charge in [-0.15, -0.1) is 0 Å². The first-order chi connectivity index (χ1) is 12.4. The molecule has 1 spiro atoms. The largest absolute Gasteiger partial charge is 0.343 e. The lowest BCUT2D eigenvalue weighted by atomic mass is 9.88. The standard InChI is InChI=1S/C20H24F2N2O2/c1-13(25)23-9-5-14(6-10-23)19(26)24-8-2-7-20(12-24)16-4-3-15(21)11-17(22)18(16)20/h3-4,11,14,16H,2,5-10,12H2,1H3. The van der Waals surface area contributed by atoms with Gasteiger partial charge in [-0.25, -0.2) is 8.78 Å². The third kappa shape index (κ3) is 2.79. The van der Waals surface area contributed by atoms with Gasteiger partial charge in [-0.2, -0.15) is 0 Å². The van der Waals surface area contributed by atoms with Gasteiger partial charge in [-0.3, -0.25) is 9.59 Å². The van der Waals surface area contributed by atoms with Gasteiger partial charge in [0, 0.05) is 56.4 Å². The van der Waals surface area contributed by atoms with Gasteiger partial charge in [0.1, 0.15) is 11.7 Å². The normalized spacial score (nSPS) is 31.7. The van der Waals surface area contributed by atoms with E-state index >= 15 is 0 Å². The number of nitrogens with zero attached hydrogens (tertiary/aromatic N) is 2. The van der Waals surface area contributed by atoms with E-state index in [0.29, 0.717) is 44.6 Å². The van der Waals surface area contributed by atoms with Crippen molar-refractivity contribution < 1.29 is 18.4 Å². The lowest BCUT2D eigenvalue weighted by molar-refractivity contribution is -0.141. The monoisotopic (exact) mass is 362 g/mol. The van der Waals surface area contributed by atoms with Crippen LogP contribution in [-0.2, 0) is 9.59 Å². The number of amides is 2. The van der Waals surface area contributed by atoms with E-state index in [9.17, 15) is 18.4 Å². The van der Waals surface area contributed by atoms with Crippen molar-refractivity contribution in [1.82, 2.24) is 9.80 Å². The van der Waals surface area contributed by atoms with Crippen LogP contribution in [-0.4, -0.2) is 47.8 Å². The predicted octanol–water partition coefficient (Wildman–Crippen LogP) is 3.13. The fourth-order valence-corrected chi connectivity index (χ4v) is 5.00. The number of halogens is 2. The Labute approximate surface area is 152 Å². The molecule has 2 heterocycles. The van der Waals surface area contributed by atoms with Crippen LogP contribution in [0, 0.1) is 17.3 Å². The Hall–Kier alpha value is -1.98. The summed E-state index contributed by atoms with van der Waals surface area (Å²) in [4.78, 5) is 28.1. The Balaban J connectivity index is 1.46. The number of likely N-dealkylation sites (tertiary alicyclic amines) is 2. The molecule has 0 aromatic heterocycles. The first kappa shape index (κ1) is 17.4. The van der Waals surface area contributed by atoms with Crippen LogP contribution >= 0.6 is 0 Å². The zero-order valence-corrected chi connectivity index (χ0v) is 15.0. The molecule has 0 aromatic rings. The summed E-state index contributed by atoms with van der Waals surface area (Å²) in [5.74, 6) is -1.00. The molecular weight excluding hydrogens is 338 g/mol. The van der Waals surface area contributed by atoms with E-state index in [2.05, 4.69) is 0 Å². The number of carbonyl (C=O) groups is 2. The third-order valence-corrected chi connectivity index (χ3v) is 6.45. The van der Waals surface area contributed by atoms with E-state index in [0.717, 1.165) is 18.9 Å². The van der Waals surface area contributed by atoms with Gasteiger partial charge < -0.3 is 9.80 Å². The quantitative estimate of drug-likeness (QED) is 0.719. The zero-order valence-electron chi connectivity index (χ0n) is 15.0. The number of allylic oxidation sites excluding steroid dienone is 5. The van der Waals surface area contributed by atoms with Crippen molar-refractivity contribution in [3.05, 3.63) is 35.5 Å². The van der Waals surface area contributed by atoms with Gasteiger partial charge in [0.05, 0.1) is 0 Å². The molecule has 6 heteroatoms. The molecule has 0 aromatic carbocycles. The fourth-order valence-electron chi connectivity index (χ4n) is 5.00. The maximum Gasteiger partial charge on any atom is 0.225 e. The average Bonchev–Trinajstić information content (AvgIpc) is 3.28. The molecule has 1 saturated carbocycles. The van der Waals surface area contributed by atoms with Crippen molar-refractivity contribution in [2.24, 2.45) is 17.3 Å². The van der Waals surface area contributed by atoms with Crippen molar-refractivity contribution in [1.29, 1.82) is 0 Å².